The van der Waals surface area contributed by atoms with Crippen molar-refractivity contribution in [3.8, 4) is 5.75 Å². The van der Waals surface area contributed by atoms with Crippen LogP contribution < -0.4 is 4.74 Å². The summed E-state index contributed by atoms with van der Waals surface area (Å²) in [5.41, 5.74) is 0.959. The second-order valence-electron chi connectivity index (χ2n) is 5.84. The first-order valence-corrected chi connectivity index (χ1v) is 10.2. The molecule has 0 aliphatic carbocycles. The zero-order valence-electron chi connectivity index (χ0n) is 15.3. The molecule has 0 amide bonds. The van der Waals surface area contributed by atoms with Gasteiger partial charge >= 0.3 is 5.97 Å². The second-order valence-corrected chi connectivity index (χ2v) is 7.39. The van der Waals surface area contributed by atoms with Crippen molar-refractivity contribution in [3.05, 3.63) is 53.1 Å². The third kappa shape index (κ3) is 6.93. The molecule has 0 fully saturated rings. The van der Waals surface area contributed by atoms with E-state index in [0.29, 0.717) is 24.5 Å². The van der Waals surface area contributed by atoms with Crippen LogP contribution in [0.2, 0.25) is 5.02 Å². The minimum Gasteiger partial charge on any atom is -0.494 e. The molecule has 26 heavy (non-hydrogen) atoms. The first kappa shape index (κ1) is 20.7. The molecule has 0 aromatic heterocycles. The van der Waals surface area contributed by atoms with E-state index in [1.54, 1.807) is 18.7 Å². The molecule has 0 bridgehead atoms. The second kappa shape index (κ2) is 11.1. The number of carbonyl (C=O) groups is 1. The summed E-state index contributed by atoms with van der Waals surface area (Å²) in [6, 6.07) is 14.0. The summed E-state index contributed by atoms with van der Waals surface area (Å²) in [5.74, 6) is 0.697. The van der Waals surface area contributed by atoms with Crippen molar-refractivity contribution in [1.29, 1.82) is 0 Å². The Labute approximate surface area is 165 Å². The number of benzene rings is 2. The SMILES string of the molecule is CCCCOc1cccc(Sc2ccc(CCC(=O)OCC)c(Cl)c2)c1. The van der Waals surface area contributed by atoms with Crippen LogP contribution in [0.3, 0.4) is 0 Å². The van der Waals surface area contributed by atoms with Crippen molar-refractivity contribution in [3.63, 3.8) is 0 Å². The Hall–Kier alpha value is -1.65. The number of halogens is 1. The van der Waals surface area contributed by atoms with Crippen LogP contribution in [0, 0.1) is 0 Å². The lowest BCUT2D eigenvalue weighted by Gasteiger charge is -2.09. The largest absolute Gasteiger partial charge is 0.494 e. The summed E-state index contributed by atoms with van der Waals surface area (Å²) in [4.78, 5) is 13.6. The van der Waals surface area contributed by atoms with Crippen LogP contribution in [0.5, 0.6) is 5.75 Å². The van der Waals surface area contributed by atoms with Crippen molar-refractivity contribution in [2.45, 2.75) is 49.3 Å². The van der Waals surface area contributed by atoms with E-state index >= 15 is 0 Å². The van der Waals surface area contributed by atoms with Gasteiger partial charge in [0.1, 0.15) is 5.75 Å². The van der Waals surface area contributed by atoms with Crippen LogP contribution in [-0.2, 0) is 16.0 Å². The summed E-state index contributed by atoms with van der Waals surface area (Å²) in [5, 5.41) is 0.676. The van der Waals surface area contributed by atoms with Crippen LogP contribution in [0.4, 0.5) is 0 Å². The van der Waals surface area contributed by atoms with E-state index in [0.717, 1.165) is 40.6 Å². The van der Waals surface area contributed by atoms with Gasteiger partial charge in [0.25, 0.3) is 0 Å². The van der Waals surface area contributed by atoms with Gasteiger partial charge in [0.2, 0.25) is 0 Å². The van der Waals surface area contributed by atoms with Crippen molar-refractivity contribution in [1.82, 2.24) is 0 Å². The molecule has 0 radical (unpaired) electrons. The molecule has 5 heteroatoms. The maximum absolute atomic E-state index is 11.5. The van der Waals surface area contributed by atoms with E-state index in [2.05, 4.69) is 13.0 Å². The molecule has 2 aromatic carbocycles. The van der Waals surface area contributed by atoms with Gasteiger partial charge in [0.15, 0.2) is 0 Å². The fourth-order valence-corrected chi connectivity index (χ4v) is 3.61. The van der Waals surface area contributed by atoms with E-state index in [4.69, 9.17) is 21.1 Å². The van der Waals surface area contributed by atoms with E-state index < -0.39 is 0 Å². The molecule has 0 aliphatic heterocycles. The predicted octanol–water partition coefficient (Wildman–Crippen LogP) is 6.17. The van der Waals surface area contributed by atoms with Gasteiger partial charge < -0.3 is 9.47 Å². The molecule has 0 aliphatic rings. The Morgan fingerprint density at radius 1 is 1.12 bits per heavy atom. The molecule has 0 saturated heterocycles. The van der Waals surface area contributed by atoms with Crippen LogP contribution in [-0.4, -0.2) is 19.2 Å². The Balaban J connectivity index is 1.96. The zero-order chi connectivity index (χ0) is 18.8. The summed E-state index contributed by atoms with van der Waals surface area (Å²) in [7, 11) is 0. The van der Waals surface area contributed by atoms with Crippen molar-refractivity contribution < 1.29 is 14.3 Å². The molecule has 140 valence electrons. The zero-order valence-corrected chi connectivity index (χ0v) is 16.9. The van der Waals surface area contributed by atoms with E-state index in [9.17, 15) is 4.79 Å². The fraction of sp³-hybridized carbons (Fsp3) is 0.381. The molecule has 3 nitrogen and oxygen atoms in total. The van der Waals surface area contributed by atoms with Crippen molar-refractivity contribution in [2.75, 3.05) is 13.2 Å². The normalized spacial score (nSPS) is 10.6. The summed E-state index contributed by atoms with van der Waals surface area (Å²) in [6.45, 7) is 5.10. The highest BCUT2D eigenvalue weighted by atomic mass is 35.5. The van der Waals surface area contributed by atoms with Gasteiger partial charge in [-0.1, -0.05) is 48.8 Å². The summed E-state index contributed by atoms with van der Waals surface area (Å²) >= 11 is 8.02. The number of aryl methyl sites for hydroxylation is 1. The first-order chi connectivity index (χ1) is 12.6. The highest BCUT2D eigenvalue weighted by Crippen LogP contribution is 2.33. The maximum Gasteiger partial charge on any atom is 0.306 e. The monoisotopic (exact) mass is 392 g/mol. The Morgan fingerprint density at radius 2 is 1.92 bits per heavy atom. The van der Waals surface area contributed by atoms with E-state index in [1.807, 2.05) is 36.4 Å². The van der Waals surface area contributed by atoms with Gasteiger partial charge in [0.05, 0.1) is 13.2 Å². The third-order valence-electron chi connectivity index (χ3n) is 3.74. The molecule has 0 spiro atoms. The topological polar surface area (TPSA) is 35.5 Å². The Bertz CT molecular complexity index is 718. The lowest BCUT2D eigenvalue weighted by atomic mass is 10.1. The fourth-order valence-electron chi connectivity index (χ4n) is 2.36. The number of hydrogen-bond donors (Lipinski definition) is 0. The minimum atomic E-state index is -0.193. The number of ether oxygens (including phenoxy) is 2. The van der Waals surface area contributed by atoms with Crippen LogP contribution in [0.15, 0.2) is 52.3 Å². The van der Waals surface area contributed by atoms with Crippen LogP contribution in [0.1, 0.15) is 38.7 Å². The Morgan fingerprint density at radius 3 is 2.65 bits per heavy atom. The quantitative estimate of drug-likeness (QED) is 0.358. The minimum absolute atomic E-state index is 0.193. The Kier molecular flexibility index (Phi) is 8.86. The number of hydrogen-bond acceptors (Lipinski definition) is 4. The summed E-state index contributed by atoms with van der Waals surface area (Å²) < 4.78 is 10.7. The van der Waals surface area contributed by atoms with Gasteiger partial charge in [-0.3, -0.25) is 4.79 Å². The number of carbonyl (C=O) groups excluding carboxylic acids is 1. The molecule has 0 atom stereocenters. The highest BCUT2D eigenvalue weighted by Gasteiger charge is 2.08. The molecule has 0 saturated carbocycles. The average Bonchev–Trinajstić information content (AvgIpc) is 2.62. The first-order valence-electron chi connectivity index (χ1n) is 8.97. The standard InChI is InChI=1S/C21H25ClO3S/c1-3-5-13-25-17-7-6-8-18(14-17)26-19-11-9-16(20(22)15-19)10-12-21(23)24-4-2/h6-9,11,14-15H,3-5,10,12-13H2,1-2H3. The molecular formula is C21H25ClO3S. The van der Waals surface area contributed by atoms with E-state index in [-0.39, 0.29) is 5.97 Å². The van der Waals surface area contributed by atoms with Gasteiger partial charge in [-0.05, 0) is 55.7 Å². The number of unbranched alkanes of at least 4 members (excludes halogenated alkanes) is 1. The van der Waals surface area contributed by atoms with Gasteiger partial charge in [-0.25, -0.2) is 0 Å². The molecule has 2 rings (SSSR count). The molecule has 2 aromatic rings. The van der Waals surface area contributed by atoms with Crippen molar-refractivity contribution >= 4 is 29.3 Å². The smallest absolute Gasteiger partial charge is 0.306 e. The maximum atomic E-state index is 11.5. The van der Waals surface area contributed by atoms with Gasteiger partial charge in [0, 0.05) is 21.2 Å². The summed E-state index contributed by atoms with van der Waals surface area (Å²) in [6.07, 6.45) is 3.11. The van der Waals surface area contributed by atoms with Gasteiger partial charge in [-0.15, -0.1) is 0 Å². The molecular weight excluding hydrogens is 368 g/mol. The number of rotatable bonds is 10. The lowest BCUT2D eigenvalue weighted by molar-refractivity contribution is -0.143. The predicted molar refractivity (Wildman–Crippen MR) is 107 cm³/mol. The average molecular weight is 393 g/mol. The molecule has 0 heterocycles. The van der Waals surface area contributed by atoms with Crippen molar-refractivity contribution in [2.24, 2.45) is 0 Å². The molecule has 0 N–H and O–H groups in total. The highest BCUT2D eigenvalue weighted by molar-refractivity contribution is 7.99. The van der Waals surface area contributed by atoms with Crippen LogP contribution in [0.25, 0.3) is 0 Å². The molecule has 0 unspecified atom stereocenters. The number of esters is 1. The lowest BCUT2D eigenvalue weighted by Crippen LogP contribution is -2.05. The van der Waals surface area contributed by atoms with Gasteiger partial charge in [-0.2, -0.15) is 0 Å². The van der Waals surface area contributed by atoms with Crippen LogP contribution >= 0.6 is 23.4 Å². The third-order valence-corrected chi connectivity index (χ3v) is 5.07. The van der Waals surface area contributed by atoms with E-state index in [1.165, 1.54) is 0 Å².